The number of hydrogen-bond donors (Lipinski definition) is 1. The number of nitrogens with zero attached hydrogens (tertiary/aromatic N) is 2. The highest BCUT2D eigenvalue weighted by Gasteiger charge is 2.05. The van der Waals surface area contributed by atoms with E-state index in [-0.39, 0.29) is 0 Å². The second-order valence-electron chi connectivity index (χ2n) is 3.13. The van der Waals surface area contributed by atoms with Crippen LogP contribution in [-0.4, -0.2) is 28.0 Å². The van der Waals surface area contributed by atoms with Crippen LogP contribution in [0.25, 0.3) is 11.4 Å². The van der Waals surface area contributed by atoms with Crippen molar-refractivity contribution < 1.29 is 4.74 Å². The summed E-state index contributed by atoms with van der Waals surface area (Å²) in [5.74, 6) is 2.60. The minimum absolute atomic E-state index is 0.785. The fourth-order valence-corrected chi connectivity index (χ4v) is 1.84. The maximum absolute atomic E-state index is 5.10. The molecule has 5 heteroatoms. The molecule has 0 aliphatic carbocycles. The zero-order chi connectivity index (χ0) is 11.4. The Morgan fingerprint density at radius 3 is 2.69 bits per heavy atom. The first-order valence-corrected chi connectivity index (χ1v) is 6.01. The fraction of sp³-hybridized carbons (Fsp3) is 0.273. The van der Waals surface area contributed by atoms with E-state index in [1.165, 1.54) is 0 Å². The van der Waals surface area contributed by atoms with Crippen molar-refractivity contribution in [3.63, 3.8) is 0 Å². The molecule has 0 unspecified atom stereocenters. The number of aromatic amines is 1. The van der Waals surface area contributed by atoms with E-state index in [0.717, 1.165) is 28.0 Å². The largest absolute Gasteiger partial charge is 0.497 e. The maximum Gasteiger partial charge on any atom is 0.208 e. The molecule has 84 valence electrons. The normalized spacial score (nSPS) is 10.4. The van der Waals surface area contributed by atoms with Gasteiger partial charge >= 0.3 is 0 Å². The molecule has 0 aliphatic heterocycles. The molecule has 0 atom stereocenters. The lowest BCUT2D eigenvalue weighted by Gasteiger charge is -1.99. The van der Waals surface area contributed by atoms with Crippen LogP contribution < -0.4 is 4.74 Å². The molecular formula is C11H13N3OS. The van der Waals surface area contributed by atoms with Crippen LogP contribution >= 0.6 is 11.8 Å². The molecule has 2 rings (SSSR count). The Morgan fingerprint density at radius 2 is 2.06 bits per heavy atom. The highest BCUT2D eigenvalue weighted by molar-refractivity contribution is 7.99. The van der Waals surface area contributed by atoms with Crippen LogP contribution in [0.1, 0.15) is 6.92 Å². The predicted octanol–water partition coefficient (Wildman–Crippen LogP) is 2.59. The van der Waals surface area contributed by atoms with E-state index in [4.69, 9.17) is 4.74 Å². The van der Waals surface area contributed by atoms with Gasteiger partial charge in [-0.1, -0.05) is 18.7 Å². The molecule has 2 aromatic rings. The number of H-pyrrole nitrogens is 1. The molecule has 0 saturated heterocycles. The van der Waals surface area contributed by atoms with E-state index in [9.17, 15) is 0 Å². The average molecular weight is 235 g/mol. The van der Waals surface area contributed by atoms with Crippen LogP contribution in [0, 0.1) is 0 Å². The summed E-state index contributed by atoms with van der Waals surface area (Å²) in [4.78, 5) is 4.38. The first-order chi connectivity index (χ1) is 7.83. The molecule has 0 bridgehead atoms. The molecule has 4 nitrogen and oxygen atoms in total. The molecule has 1 aromatic heterocycles. The number of aromatic nitrogens is 3. The van der Waals surface area contributed by atoms with Gasteiger partial charge in [0.15, 0.2) is 5.82 Å². The third kappa shape index (κ3) is 2.36. The minimum Gasteiger partial charge on any atom is -0.497 e. The van der Waals surface area contributed by atoms with Gasteiger partial charge in [-0.05, 0) is 30.0 Å². The van der Waals surface area contributed by atoms with Crippen molar-refractivity contribution in [2.24, 2.45) is 0 Å². The Bertz CT molecular complexity index is 453. The number of rotatable bonds is 4. The molecule has 1 aromatic carbocycles. The summed E-state index contributed by atoms with van der Waals surface area (Å²) in [7, 11) is 1.65. The third-order valence-corrected chi connectivity index (χ3v) is 2.83. The van der Waals surface area contributed by atoms with Gasteiger partial charge in [-0.3, -0.25) is 5.10 Å². The number of methoxy groups -OCH3 is 1. The quantitative estimate of drug-likeness (QED) is 0.827. The van der Waals surface area contributed by atoms with E-state index >= 15 is 0 Å². The van der Waals surface area contributed by atoms with Crippen molar-refractivity contribution in [2.75, 3.05) is 12.9 Å². The van der Waals surface area contributed by atoms with Gasteiger partial charge in [0, 0.05) is 5.56 Å². The molecule has 1 N–H and O–H groups in total. The van der Waals surface area contributed by atoms with Crippen molar-refractivity contribution in [3.8, 4) is 17.1 Å². The lowest BCUT2D eigenvalue weighted by Crippen LogP contribution is -1.84. The number of thioether (sulfide) groups is 1. The monoisotopic (exact) mass is 235 g/mol. The average Bonchev–Trinajstić information content (AvgIpc) is 2.78. The predicted molar refractivity (Wildman–Crippen MR) is 64.8 cm³/mol. The Kier molecular flexibility index (Phi) is 3.46. The summed E-state index contributed by atoms with van der Waals surface area (Å²) in [5.41, 5.74) is 1.01. The maximum atomic E-state index is 5.10. The molecule has 0 spiro atoms. The first kappa shape index (κ1) is 11.0. The minimum atomic E-state index is 0.785. The van der Waals surface area contributed by atoms with Crippen molar-refractivity contribution >= 4 is 11.8 Å². The van der Waals surface area contributed by atoms with Gasteiger partial charge in [0.1, 0.15) is 5.75 Å². The Morgan fingerprint density at radius 1 is 1.31 bits per heavy atom. The third-order valence-electron chi connectivity index (χ3n) is 2.10. The summed E-state index contributed by atoms with van der Waals surface area (Å²) < 4.78 is 5.10. The van der Waals surface area contributed by atoms with E-state index in [0.29, 0.717) is 0 Å². The lowest BCUT2D eigenvalue weighted by atomic mass is 10.2. The van der Waals surface area contributed by atoms with Crippen LogP contribution in [0.3, 0.4) is 0 Å². The van der Waals surface area contributed by atoms with Crippen molar-refractivity contribution in [2.45, 2.75) is 12.1 Å². The van der Waals surface area contributed by atoms with Crippen LogP contribution in [0.4, 0.5) is 0 Å². The Hall–Kier alpha value is -1.49. The topological polar surface area (TPSA) is 50.8 Å². The second-order valence-corrected chi connectivity index (χ2v) is 4.36. The van der Waals surface area contributed by atoms with Gasteiger partial charge in [0.2, 0.25) is 5.16 Å². The summed E-state index contributed by atoms with van der Waals surface area (Å²) in [6, 6.07) is 7.73. The molecule has 0 amide bonds. The van der Waals surface area contributed by atoms with Gasteiger partial charge in [0.05, 0.1) is 7.11 Å². The number of hydrogen-bond acceptors (Lipinski definition) is 4. The molecule has 0 aliphatic rings. The van der Waals surface area contributed by atoms with Gasteiger partial charge in [-0.15, -0.1) is 5.10 Å². The second kappa shape index (κ2) is 5.03. The van der Waals surface area contributed by atoms with Gasteiger partial charge in [-0.2, -0.15) is 0 Å². The van der Waals surface area contributed by atoms with Crippen LogP contribution in [0.2, 0.25) is 0 Å². The molecule has 0 saturated carbocycles. The van der Waals surface area contributed by atoms with Gasteiger partial charge in [0.25, 0.3) is 0 Å². The summed E-state index contributed by atoms with van der Waals surface area (Å²) in [5, 5.41) is 7.83. The number of nitrogens with one attached hydrogen (secondary N) is 1. The number of ether oxygens (including phenoxy) is 1. The molecule has 16 heavy (non-hydrogen) atoms. The summed E-state index contributed by atoms with van der Waals surface area (Å²) >= 11 is 1.62. The molecule has 0 fully saturated rings. The van der Waals surface area contributed by atoms with E-state index in [1.807, 2.05) is 24.3 Å². The van der Waals surface area contributed by atoms with Crippen LogP contribution in [-0.2, 0) is 0 Å². The van der Waals surface area contributed by atoms with E-state index in [1.54, 1.807) is 18.9 Å². The SMILES string of the molecule is CCSc1n[nH]c(-c2ccc(OC)cc2)n1. The van der Waals surface area contributed by atoms with E-state index in [2.05, 4.69) is 22.1 Å². The first-order valence-electron chi connectivity index (χ1n) is 5.03. The van der Waals surface area contributed by atoms with Crippen LogP contribution in [0.5, 0.6) is 5.75 Å². The fourth-order valence-electron chi connectivity index (χ4n) is 1.32. The highest BCUT2D eigenvalue weighted by atomic mass is 32.2. The number of benzene rings is 1. The van der Waals surface area contributed by atoms with Crippen molar-refractivity contribution in [1.29, 1.82) is 0 Å². The summed E-state index contributed by atoms with van der Waals surface area (Å²) in [6.07, 6.45) is 0. The standard InChI is InChI=1S/C11H13N3OS/c1-3-16-11-12-10(13-14-11)8-4-6-9(15-2)7-5-8/h4-7H,3H2,1-2H3,(H,12,13,14). The smallest absolute Gasteiger partial charge is 0.208 e. The molecular weight excluding hydrogens is 222 g/mol. The Balaban J connectivity index is 2.21. The van der Waals surface area contributed by atoms with Crippen molar-refractivity contribution in [1.82, 2.24) is 15.2 Å². The lowest BCUT2D eigenvalue weighted by molar-refractivity contribution is 0.415. The molecule has 1 heterocycles. The van der Waals surface area contributed by atoms with E-state index < -0.39 is 0 Å². The van der Waals surface area contributed by atoms with Gasteiger partial charge < -0.3 is 4.74 Å². The van der Waals surface area contributed by atoms with Crippen LogP contribution in [0.15, 0.2) is 29.4 Å². The zero-order valence-corrected chi connectivity index (χ0v) is 10.0. The Labute approximate surface area is 98.4 Å². The van der Waals surface area contributed by atoms with Gasteiger partial charge in [-0.25, -0.2) is 4.98 Å². The zero-order valence-electron chi connectivity index (χ0n) is 9.23. The molecule has 0 radical (unpaired) electrons. The van der Waals surface area contributed by atoms with Crippen molar-refractivity contribution in [3.05, 3.63) is 24.3 Å². The summed E-state index contributed by atoms with van der Waals surface area (Å²) in [6.45, 7) is 2.08. The highest BCUT2D eigenvalue weighted by Crippen LogP contribution is 2.21.